The highest BCUT2D eigenvalue weighted by Gasteiger charge is 2.17. The van der Waals surface area contributed by atoms with E-state index in [0.29, 0.717) is 12.4 Å². The molecule has 6 heteroatoms. The third kappa shape index (κ3) is 1.58. The molecule has 1 unspecified atom stereocenters. The van der Waals surface area contributed by atoms with E-state index in [1.165, 1.54) is 4.88 Å². The van der Waals surface area contributed by atoms with Gasteiger partial charge in [-0.15, -0.1) is 21.5 Å². The van der Waals surface area contributed by atoms with Crippen LogP contribution in [0.15, 0.2) is 17.5 Å². The first-order chi connectivity index (χ1) is 6.42. The average Bonchev–Trinajstić information content (AvgIpc) is 2.76. The summed E-state index contributed by atoms with van der Waals surface area (Å²) in [7, 11) is 0. The number of nitrogens with two attached hydrogens (primary N) is 1. The van der Waals surface area contributed by atoms with Gasteiger partial charge in [0.1, 0.15) is 0 Å². The molecule has 0 spiro atoms. The van der Waals surface area contributed by atoms with Gasteiger partial charge in [0.25, 0.3) is 0 Å². The maximum Gasteiger partial charge on any atom is 0.184 e. The van der Waals surface area contributed by atoms with Gasteiger partial charge >= 0.3 is 0 Å². The molecule has 0 saturated carbocycles. The van der Waals surface area contributed by atoms with Crippen LogP contribution in [0.2, 0.25) is 0 Å². The van der Waals surface area contributed by atoms with Gasteiger partial charge in [0.2, 0.25) is 0 Å². The van der Waals surface area contributed by atoms with Crippen LogP contribution >= 0.6 is 11.3 Å². The Balaban J connectivity index is 2.29. The molecule has 2 rings (SSSR count). The van der Waals surface area contributed by atoms with E-state index >= 15 is 0 Å². The Morgan fingerprint density at radius 2 is 2.54 bits per heavy atom. The van der Waals surface area contributed by atoms with Gasteiger partial charge in [0.05, 0.1) is 5.92 Å². The molecular weight excluding hydrogens is 186 g/mol. The summed E-state index contributed by atoms with van der Waals surface area (Å²) in [6.45, 7) is 0.500. The topological polar surface area (TPSA) is 80.5 Å². The van der Waals surface area contributed by atoms with E-state index in [0.717, 1.165) is 0 Å². The molecule has 0 aliphatic heterocycles. The molecule has 0 amide bonds. The van der Waals surface area contributed by atoms with Gasteiger partial charge in [-0.05, 0) is 11.4 Å². The first-order valence-corrected chi connectivity index (χ1v) is 4.76. The molecule has 5 nitrogen and oxygen atoms in total. The Kier molecular flexibility index (Phi) is 2.33. The molecule has 0 bridgehead atoms. The standard InChI is InChI=1S/C7H9N5S/c8-4-5(6-2-1-3-13-6)7-9-11-12-10-7/h1-3,5H,4,8H2,(H,9,10,11,12). The molecule has 13 heavy (non-hydrogen) atoms. The zero-order valence-electron chi connectivity index (χ0n) is 6.84. The maximum atomic E-state index is 5.64. The van der Waals surface area contributed by atoms with Crippen LogP contribution in [0.5, 0.6) is 0 Å². The number of hydrogen-bond donors (Lipinski definition) is 2. The Morgan fingerprint density at radius 1 is 1.62 bits per heavy atom. The normalized spacial score (nSPS) is 13.0. The first kappa shape index (κ1) is 8.33. The molecule has 2 aromatic heterocycles. The highest BCUT2D eigenvalue weighted by atomic mass is 32.1. The zero-order chi connectivity index (χ0) is 9.10. The molecule has 2 heterocycles. The van der Waals surface area contributed by atoms with E-state index in [-0.39, 0.29) is 5.92 Å². The molecule has 0 fully saturated rings. The van der Waals surface area contributed by atoms with E-state index in [4.69, 9.17) is 5.73 Å². The van der Waals surface area contributed by atoms with Crippen molar-refractivity contribution in [3.05, 3.63) is 28.2 Å². The van der Waals surface area contributed by atoms with E-state index in [2.05, 4.69) is 20.6 Å². The number of aromatic amines is 1. The smallest absolute Gasteiger partial charge is 0.184 e. The van der Waals surface area contributed by atoms with Crippen LogP contribution in [-0.2, 0) is 0 Å². The van der Waals surface area contributed by atoms with Crippen molar-refractivity contribution < 1.29 is 0 Å². The molecule has 68 valence electrons. The minimum Gasteiger partial charge on any atom is -0.329 e. The second kappa shape index (κ2) is 3.63. The van der Waals surface area contributed by atoms with Crippen molar-refractivity contribution in [1.29, 1.82) is 0 Å². The summed E-state index contributed by atoms with van der Waals surface area (Å²) in [6, 6.07) is 4.02. The highest BCUT2D eigenvalue weighted by molar-refractivity contribution is 7.10. The fraction of sp³-hybridized carbons (Fsp3) is 0.286. The molecule has 2 aromatic rings. The van der Waals surface area contributed by atoms with Crippen LogP contribution < -0.4 is 5.73 Å². The lowest BCUT2D eigenvalue weighted by Gasteiger charge is -2.06. The van der Waals surface area contributed by atoms with Crippen LogP contribution in [0.4, 0.5) is 0 Å². The summed E-state index contributed by atoms with van der Waals surface area (Å²) in [5.74, 6) is 0.726. The van der Waals surface area contributed by atoms with Crippen molar-refractivity contribution >= 4 is 11.3 Å². The second-order valence-electron chi connectivity index (χ2n) is 2.57. The Bertz CT molecular complexity index is 307. The summed E-state index contributed by atoms with van der Waals surface area (Å²) >= 11 is 1.65. The van der Waals surface area contributed by atoms with Crippen molar-refractivity contribution in [3.8, 4) is 0 Å². The third-order valence-electron chi connectivity index (χ3n) is 1.80. The van der Waals surface area contributed by atoms with E-state index in [1.807, 2.05) is 17.5 Å². The second-order valence-corrected chi connectivity index (χ2v) is 3.55. The summed E-state index contributed by atoms with van der Waals surface area (Å²) in [5.41, 5.74) is 5.64. The minimum atomic E-state index is 0.0683. The van der Waals surface area contributed by atoms with Crippen molar-refractivity contribution in [2.45, 2.75) is 5.92 Å². The van der Waals surface area contributed by atoms with E-state index in [9.17, 15) is 0 Å². The van der Waals surface area contributed by atoms with E-state index < -0.39 is 0 Å². The summed E-state index contributed by atoms with van der Waals surface area (Å²) < 4.78 is 0. The number of thiophene rings is 1. The summed E-state index contributed by atoms with van der Waals surface area (Å²) in [6.07, 6.45) is 0. The van der Waals surface area contributed by atoms with Crippen molar-refractivity contribution in [2.24, 2.45) is 5.73 Å². The Morgan fingerprint density at radius 3 is 3.08 bits per heavy atom. The summed E-state index contributed by atoms with van der Waals surface area (Å²) in [4.78, 5) is 1.17. The fourth-order valence-corrected chi connectivity index (χ4v) is 1.99. The molecule has 0 aromatic carbocycles. The average molecular weight is 195 g/mol. The van der Waals surface area contributed by atoms with Crippen LogP contribution in [0.25, 0.3) is 0 Å². The van der Waals surface area contributed by atoms with Gasteiger partial charge in [-0.1, -0.05) is 11.3 Å². The van der Waals surface area contributed by atoms with Crippen molar-refractivity contribution in [2.75, 3.05) is 6.54 Å². The number of hydrogen-bond acceptors (Lipinski definition) is 5. The lowest BCUT2D eigenvalue weighted by atomic mass is 10.1. The molecule has 0 radical (unpaired) electrons. The van der Waals surface area contributed by atoms with Crippen LogP contribution in [0.1, 0.15) is 16.6 Å². The molecular formula is C7H9N5S. The lowest BCUT2D eigenvalue weighted by molar-refractivity contribution is 0.766. The van der Waals surface area contributed by atoms with Crippen LogP contribution in [-0.4, -0.2) is 27.2 Å². The zero-order valence-corrected chi connectivity index (χ0v) is 7.66. The molecule has 0 aliphatic rings. The van der Waals surface area contributed by atoms with E-state index in [1.54, 1.807) is 11.3 Å². The fourth-order valence-electron chi connectivity index (χ4n) is 1.16. The number of rotatable bonds is 3. The van der Waals surface area contributed by atoms with Crippen LogP contribution in [0.3, 0.4) is 0 Å². The number of aromatic nitrogens is 4. The largest absolute Gasteiger partial charge is 0.329 e. The minimum absolute atomic E-state index is 0.0683. The Hall–Kier alpha value is -1.27. The van der Waals surface area contributed by atoms with Gasteiger partial charge in [0, 0.05) is 11.4 Å². The predicted octanol–water partition coefficient (Wildman–Crippen LogP) is 0.352. The third-order valence-corrected chi connectivity index (χ3v) is 2.78. The number of nitrogens with one attached hydrogen (secondary N) is 1. The van der Waals surface area contributed by atoms with Gasteiger partial charge < -0.3 is 5.73 Å². The lowest BCUT2D eigenvalue weighted by Crippen LogP contribution is -2.14. The van der Waals surface area contributed by atoms with Gasteiger partial charge in [-0.25, -0.2) is 0 Å². The molecule has 1 atom stereocenters. The Labute approximate surface area is 79.0 Å². The SMILES string of the molecule is NCC(c1nn[nH]n1)c1cccs1. The number of tetrazole rings is 1. The number of nitrogens with zero attached hydrogens (tertiary/aromatic N) is 3. The van der Waals surface area contributed by atoms with Gasteiger partial charge in [-0.2, -0.15) is 5.21 Å². The monoisotopic (exact) mass is 195 g/mol. The molecule has 0 aliphatic carbocycles. The quantitative estimate of drug-likeness (QED) is 0.740. The highest BCUT2D eigenvalue weighted by Crippen LogP contribution is 2.23. The first-order valence-electron chi connectivity index (χ1n) is 3.88. The molecule has 3 N–H and O–H groups in total. The van der Waals surface area contributed by atoms with Crippen molar-refractivity contribution in [3.63, 3.8) is 0 Å². The van der Waals surface area contributed by atoms with Gasteiger partial charge in [0.15, 0.2) is 5.82 Å². The molecule has 0 saturated heterocycles. The summed E-state index contributed by atoms with van der Waals surface area (Å²) in [5, 5.41) is 15.8. The number of H-pyrrole nitrogens is 1. The maximum absolute atomic E-state index is 5.64. The van der Waals surface area contributed by atoms with Crippen LogP contribution in [0, 0.1) is 0 Å². The van der Waals surface area contributed by atoms with Crippen molar-refractivity contribution in [1.82, 2.24) is 20.6 Å². The van der Waals surface area contributed by atoms with Gasteiger partial charge in [-0.3, -0.25) is 0 Å². The predicted molar refractivity (Wildman–Crippen MR) is 49.4 cm³/mol.